The Labute approximate surface area is 170 Å². The SMILES string of the molecule is CC/C=C(/SC(=CCC(=O)N(C)CCN1CCOCC1)SC)c1ccn[nH]1. The molecule has 1 N–H and O–H groups in total. The van der Waals surface area contributed by atoms with Crippen molar-refractivity contribution in [1.82, 2.24) is 20.0 Å². The third-order valence-electron chi connectivity index (χ3n) is 4.29. The van der Waals surface area contributed by atoms with Crippen LogP contribution in [0.3, 0.4) is 0 Å². The third-order valence-corrected chi connectivity index (χ3v) is 6.59. The van der Waals surface area contributed by atoms with Gasteiger partial charge >= 0.3 is 0 Å². The van der Waals surface area contributed by atoms with Gasteiger partial charge in [0.2, 0.25) is 5.91 Å². The maximum atomic E-state index is 12.5. The molecular weight excluding hydrogens is 380 g/mol. The second kappa shape index (κ2) is 12.3. The lowest BCUT2D eigenvalue weighted by molar-refractivity contribution is -0.129. The maximum Gasteiger partial charge on any atom is 0.226 e. The van der Waals surface area contributed by atoms with Gasteiger partial charge in [-0.3, -0.25) is 14.8 Å². The predicted octanol–water partition coefficient (Wildman–Crippen LogP) is 3.28. The number of thioether (sulfide) groups is 2. The second-order valence-electron chi connectivity index (χ2n) is 6.25. The van der Waals surface area contributed by atoms with E-state index >= 15 is 0 Å². The molecule has 0 aliphatic carbocycles. The maximum absolute atomic E-state index is 12.5. The van der Waals surface area contributed by atoms with Crippen molar-refractivity contribution in [2.45, 2.75) is 19.8 Å². The lowest BCUT2D eigenvalue weighted by Gasteiger charge is -2.28. The van der Waals surface area contributed by atoms with E-state index < -0.39 is 0 Å². The van der Waals surface area contributed by atoms with Crippen LogP contribution in [0.1, 0.15) is 25.5 Å². The molecule has 1 aromatic rings. The van der Waals surface area contributed by atoms with Crippen LogP contribution in [0, 0.1) is 0 Å². The van der Waals surface area contributed by atoms with E-state index in [-0.39, 0.29) is 5.91 Å². The number of aromatic nitrogens is 2. The van der Waals surface area contributed by atoms with Crippen molar-refractivity contribution >= 4 is 34.3 Å². The van der Waals surface area contributed by atoms with Gasteiger partial charge in [-0.05, 0) is 18.7 Å². The van der Waals surface area contributed by atoms with E-state index in [9.17, 15) is 4.79 Å². The molecule has 0 aromatic carbocycles. The van der Waals surface area contributed by atoms with Gasteiger partial charge in [0.25, 0.3) is 0 Å². The summed E-state index contributed by atoms with van der Waals surface area (Å²) in [5.74, 6) is 0.151. The van der Waals surface area contributed by atoms with Crippen LogP contribution in [-0.4, -0.2) is 78.6 Å². The number of nitrogens with zero attached hydrogens (tertiary/aromatic N) is 3. The molecule has 6 nitrogen and oxygen atoms in total. The minimum Gasteiger partial charge on any atom is -0.379 e. The summed E-state index contributed by atoms with van der Waals surface area (Å²) >= 11 is 3.35. The van der Waals surface area contributed by atoms with Crippen molar-refractivity contribution in [3.8, 4) is 0 Å². The van der Waals surface area contributed by atoms with Crippen LogP contribution in [-0.2, 0) is 9.53 Å². The molecule has 1 saturated heterocycles. The highest BCUT2D eigenvalue weighted by Crippen LogP contribution is 2.38. The average molecular weight is 411 g/mol. The van der Waals surface area contributed by atoms with Gasteiger partial charge in [-0.25, -0.2) is 0 Å². The molecule has 8 heteroatoms. The van der Waals surface area contributed by atoms with Crippen LogP contribution in [0.15, 0.2) is 28.7 Å². The van der Waals surface area contributed by atoms with Crippen molar-refractivity contribution in [2.24, 2.45) is 0 Å². The van der Waals surface area contributed by atoms with Gasteiger partial charge in [-0.15, -0.1) is 11.8 Å². The molecule has 150 valence electrons. The van der Waals surface area contributed by atoms with Crippen LogP contribution >= 0.6 is 23.5 Å². The summed E-state index contributed by atoms with van der Waals surface area (Å²) in [4.78, 5) is 17.8. The number of allylic oxidation sites excluding steroid dienone is 1. The average Bonchev–Trinajstić information content (AvgIpc) is 3.23. The topological polar surface area (TPSA) is 61.5 Å². The first-order chi connectivity index (χ1) is 13.1. The van der Waals surface area contributed by atoms with Crippen LogP contribution < -0.4 is 0 Å². The van der Waals surface area contributed by atoms with E-state index in [1.165, 1.54) is 0 Å². The molecular formula is C19H30N4O2S2. The van der Waals surface area contributed by atoms with E-state index in [2.05, 4.69) is 28.1 Å². The van der Waals surface area contributed by atoms with Crippen molar-refractivity contribution in [3.63, 3.8) is 0 Å². The highest BCUT2D eigenvalue weighted by molar-refractivity contribution is 8.26. The Hall–Kier alpha value is -1.22. The molecule has 2 heterocycles. The first kappa shape index (κ1) is 22.1. The molecule has 0 atom stereocenters. The minimum absolute atomic E-state index is 0.151. The molecule has 1 aromatic heterocycles. The van der Waals surface area contributed by atoms with Gasteiger partial charge in [-0.1, -0.05) is 30.8 Å². The Morgan fingerprint density at radius 2 is 2.19 bits per heavy atom. The molecule has 1 amide bonds. The fraction of sp³-hybridized carbons (Fsp3) is 0.579. The second-order valence-corrected chi connectivity index (χ2v) is 8.44. The van der Waals surface area contributed by atoms with Gasteiger partial charge in [0, 0.05) is 55.0 Å². The molecule has 1 aliphatic heterocycles. The van der Waals surface area contributed by atoms with Crippen LogP contribution in [0.5, 0.6) is 0 Å². The monoisotopic (exact) mass is 410 g/mol. The molecule has 0 saturated carbocycles. The number of carbonyl (C=O) groups excluding carboxylic acids is 1. The largest absolute Gasteiger partial charge is 0.379 e. The number of nitrogens with one attached hydrogen (secondary N) is 1. The number of amides is 1. The van der Waals surface area contributed by atoms with Gasteiger partial charge in [0.1, 0.15) is 0 Å². The Balaban J connectivity index is 1.85. The van der Waals surface area contributed by atoms with Crippen LogP contribution in [0.25, 0.3) is 4.91 Å². The van der Waals surface area contributed by atoms with Crippen LogP contribution in [0.2, 0.25) is 0 Å². The fourth-order valence-corrected chi connectivity index (χ4v) is 4.34. The number of carbonyl (C=O) groups is 1. The zero-order valence-electron chi connectivity index (χ0n) is 16.4. The molecule has 0 radical (unpaired) electrons. The lowest BCUT2D eigenvalue weighted by atomic mass is 10.3. The summed E-state index contributed by atoms with van der Waals surface area (Å²) in [6, 6.07) is 1.97. The summed E-state index contributed by atoms with van der Waals surface area (Å²) in [6.45, 7) is 7.26. The number of aromatic amines is 1. The number of hydrogen-bond acceptors (Lipinski definition) is 6. The number of ether oxygens (including phenoxy) is 1. The number of morpholine rings is 1. The Morgan fingerprint density at radius 3 is 2.81 bits per heavy atom. The summed E-state index contributed by atoms with van der Waals surface area (Å²) in [7, 11) is 1.88. The molecule has 1 fully saturated rings. The number of rotatable bonds is 10. The van der Waals surface area contributed by atoms with Gasteiger partial charge in [0.05, 0.1) is 18.9 Å². The van der Waals surface area contributed by atoms with E-state index in [4.69, 9.17) is 4.74 Å². The van der Waals surface area contributed by atoms with Crippen molar-refractivity contribution in [1.29, 1.82) is 0 Å². The zero-order valence-corrected chi connectivity index (χ0v) is 18.1. The fourth-order valence-electron chi connectivity index (χ4n) is 2.63. The predicted molar refractivity (Wildman–Crippen MR) is 116 cm³/mol. The van der Waals surface area contributed by atoms with E-state index in [0.29, 0.717) is 6.42 Å². The Morgan fingerprint density at radius 1 is 1.41 bits per heavy atom. The van der Waals surface area contributed by atoms with Crippen molar-refractivity contribution < 1.29 is 9.53 Å². The number of H-pyrrole nitrogens is 1. The van der Waals surface area contributed by atoms with E-state index in [1.807, 2.05) is 30.3 Å². The molecule has 27 heavy (non-hydrogen) atoms. The van der Waals surface area contributed by atoms with Crippen molar-refractivity contribution in [2.75, 3.05) is 52.7 Å². The van der Waals surface area contributed by atoms with Gasteiger partial charge in [-0.2, -0.15) is 5.10 Å². The summed E-state index contributed by atoms with van der Waals surface area (Å²) < 4.78 is 6.49. The zero-order chi connectivity index (χ0) is 19.5. The number of likely N-dealkylation sites (N-methyl/N-ethyl adjacent to an activating group) is 1. The molecule has 0 spiro atoms. The Bertz CT molecular complexity index is 626. The molecule has 0 unspecified atom stereocenters. The highest BCUT2D eigenvalue weighted by Gasteiger charge is 2.14. The molecule has 2 rings (SSSR count). The van der Waals surface area contributed by atoms with E-state index in [1.54, 1.807) is 29.7 Å². The Kier molecular flexibility index (Phi) is 10.0. The summed E-state index contributed by atoms with van der Waals surface area (Å²) in [6.07, 6.45) is 9.38. The highest BCUT2D eigenvalue weighted by atomic mass is 32.2. The van der Waals surface area contributed by atoms with Gasteiger partial charge in [0.15, 0.2) is 0 Å². The summed E-state index contributed by atoms with van der Waals surface area (Å²) in [5.41, 5.74) is 1.01. The van der Waals surface area contributed by atoms with Crippen LogP contribution in [0.4, 0.5) is 0 Å². The van der Waals surface area contributed by atoms with Crippen molar-refractivity contribution in [3.05, 3.63) is 34.3 Å². The van der Waals surface area contributed by atoms with Gasteiger partial charge < -0.3 is 9.64 Å². The van der Waals surface area contributed by atoms with E-state index in [0.717, 1.165) is 60.6 Å². The first-order valence-corrected chi connectivity index (χ1v) is 11.3. The first-order valence-electron chi connectivity index (χ1n) is 9.30. The molecule has 0 bridgehead atoms. The standard InChI is InChI=1S/C19H30N4O2S2/c1-4-5-17(16-8-9-20-21-16)27-19(26-3)7-6-18(24)22(2)10-11-23-12-14-25-15-13-23/h5,7-9H,4,6,10-15H2,1-3H3,(H,20,21)/b17-5+,19-7?. The number of hydrogen-bond donors (Lipinski definition) is 1. The lowest BCUT2D eigenvalue weighted by Crippen LogP contribution is -2.41. The minimum atomic E-state index is 0.151. The normalized spacial score (nSPS) is 16.6. The summed E-state index contributed by atoms with van der Waals surface area (Å²) in [5, 5.41) is 7.05. The smallest absolute Gasteiger partial charge is 0.226 e. The third kappa shape index (κ3) is 7.73. The quantitative estimate of drug-likeness (QED) is 0.639. The molecule has 1 aliphatic rings.